The molecule has 0 spiro atoms. The molecule has 0 bridgehead atoms. The number of hydrogen-bond donors (Lipinski definition) is 1. The average Bonchev–Trinajstić information content (AvgIpc) is 2.60. The van der Waals surface area contributed by atoms with Crippen LogP contribution in [0.2, 0.25) is 0 Å². The van der Waals surface area contributed by atoms with Gasteiger partial charge in [0, 0.05) is 11.1 Å². The van der Waals surface area contributed by atoms with Gasteiger partial charge in [-0.1, -0.05) is 32.9 Å². The first-order valence-electron chi connectivity index (χ1n) is 8.39. The maximum absolute atomic E-state index is 12.6. The molecule has 4 heteroatoms. The summed E-state index contributed by atoms with van der Waals surface area (Å²) in [4.78, 5) is 12.6. The van der Waals surface area contributed by atoms with Gasteiger partial charge in [-0.2, -0.15) is 0 Å². The van der Waals surface area contributed by atoms with E-state index in [4.69, 9.17) is 9.47 Å². The Kier molecular flexibility index (Phi) is 5.73. The van der Waals surface area contributed by atoms with E-state index in [-0.39, 0.29) is 17.4 Å². The van der Waals surface area contributed by atoms with Crippen molar-refractivity contribution in [3.05, 3.63) is 59.2 Å². The first-order valence-corrected chi connectivity index (χ1v) is 8.39. The van der Waals surface area contributed by atoms with Crippen molar-refractivity contribution >= 4 is 5.91 Å². The van der Waals surface area contributed by atoms with Crippen LogP contribution < -0.4 is 14.8 Å². The standard InChI is InChI=1S/C21H27NO3/c1-14(18-13-17(24-5)11-12-19(18)25-6)22-20(23)15-7-9-16(10-8-15)21(2,3)4/h7-14H,1-6H3,(H,22,23). The molecule has 2 rings (SSSR count). The Hall–Kier alpha value is -2.49. The topological polar surface area (TPSA) is 47.6 Å². The number of amides is 1. The van der Waals surface area contributed by atoms with E-state index in [0.717, 1.165) is 17.1 Å². The van der Waals surface area contributed by atoms with Crippen LogP contribution in [-0.2, 0) is 5.41 Å². The minimum absolute atomic E-state index is 0.0657. The number of carbonyl (C=O) groups excluding carboxylic acids is 1. The van der Waals surface area contributed by atoms with Gasteiger partial charge in [0.25, 0.3) is 5.91 Å². The molecular weight excluding hydrogens is 314 g/mol. The second kappa shape index (κ2) is 7.60. The summed E-state index contributed by atoms with van der Waals surface area (Å²) < 4.78 is 10.7. The van der Waals surface area contributed by atoms with Crippen molar-refractivity contribution in [3.63, 3.8) is 0 Å². The fraction of sp³-hybridized carbons (Fsp3) is 0.381. The number of carbonyl (C=O) groups is 1. The summed E-state index contributed by atoms with van der Waals surface area (Å²) in [6.07, 6.45) is 0. The molecule has 134 valence electrons. The van der Waals surface area contributed by atoms with E-state index in [2.05, 4.69) is 26.1 Å². The molecule has 2 aromatic rings. The van der Waals surface area contributed by atoms with Crippen molar-refractivity contribution in [2.45, 2.75) is 39.2 Å². The van der Waals surface area contributed by atoms with Crippen molar-refractivity contribution in [2.24, 2.45) is 0 Å². The van der Waals surface area contributed by atoms with Crippen LogP contribution in [0.4, 0.5) is 0 Å². The van der Waals surface area contributed by atoms with E-state index < -0.39 is 0 Å². The monoisotopic (exact) mass is 341 g/mol. The maximum Gasteiger partial charge on any atom is 0.251 e. The zero-order valence-electron chi connectivity index (χ0n) is 15.8. The highest BCUT2D eigenvalue weighted by Gasteiger charge is 2.18. The first-order chi connectivity index (χ1) is 11.8. The normalized spacial score (nSPS) is 12.4. The van der Waals surface area contributed by atoms with Gasteiger partial charge in [0.2, 0.25) is 0 Å². The number of ether oxygens (including phenoxy) is 2. The van der Waals surface area contributed by atoms with E-state index in [1.807, 2.05) is 49.4 Å². The van der Waals surface area contributed by atoms with Crippen LogP contribution >= 0.6 is 0 Å². The third kappa shape index (κ3) is 4.53. The Morgan fingerprint density at radius 2 is 1.64 bits per heavy atom. The van der Waals surface area contributed by atoms with E-state index in [9.17, 15) is 4.79 Å². The highest BCUT2D eigenvalue weighted by Crippen LogP contribution is 2.29. The van der Waals surface area contributed by atoms with Crippen LogP contribution in [0.1, 0.15) is 55.2 Å². The Morgan fingerprint density at radius 3 is 2.16 bits per heavy atom. The van der Waals surface area contributed by atoms with E-state index in [0.29, 0.717) is 5.56 Å². The summed E-state index contributed by atoms with van der Waals surface area (Å²) in [6.45, 7) is 8.39. The van der Waals surface area contributed by atoms with Gasteiger partial charge in [0.05, 0.1) is 20.3 Å². The van der Waals surface area contributed by atoms with Gasteiger partial charge in [0.1, 0.15) is 11.5 Å². The zero-order chi connectivity index (χ0) is 18.6. The minimum atomic E-state index is -0.208. The summed E-state index contributed by atoms with van der Waals surface area (Å²) >= 11 is 0. The molecular formula is C21H27NO3. The molecule has 1 N–H and O–H groups in total. The lowest BCUT2D eigenvalue weighted by atomic mass is 9.86. The molecule has 0 fully saturated rings. The fourth-order valence-electron chi connectivity index (χ4n) is 2.66. The van der Waals surface area contributed by atoms with Crippen molar-refractivity contribution < 1.29 is 14.3 Å². The third-order valence-corrected chi connectivity index (χ3v) is 4.26. The zero-order valence-corrected chi connectivity index (χ0v) is 15.8. The van der Waals surface area contributed by atoms with Gasteiger partial charge >= 0.3 is 0 Å². The smallest absolute Gasteiger partial charge is 0.251 e. The van der Waals surface area contributed by atoms with Gasteiger partial charge < -0.3 is 14.8 Å². The molecule has 1 amide bonds. The summed E-state index contributed by atoms with van der Waals surface area (Å²) in [5, 5.41) is 3.02. The van der Waals surface area contributed by atoms with Crippen LogP contribution in [0.3, 0.4) is 0 Å². The summed E-state index contributed by atoms with van der Waals surface area (Å²) in [7, 11) is 3.23. The highest BCUT2D eigenvalue weighted by atomic mass is 16.5. The van der Waals surface area contributed by atoms with E-state index >= 15 is 0 Å². The largest absolute Gasteiger partial charge is 0.497 e. The molecule has 0 aliphatic rings. The second-order valence-electron chi connectivity index (χ2n) is 7.13. The van der Waals surface area contributed by atoms with E-state index in [1.54, 1.807) is 14.2 Å². The van der Waals surface area contributed by atoms with Gasteiger partial charge in [0.15, 0.2) is 0 Å². The van der Waals surface area contributed by atoms with Crippen LogP contribution in [0, 0.1) is 0 Å². The molecule has 4 nitrogen and oxygen atoms in total. The molecule has 0 saturated carbocycles. The van der Waals surface area contributed by atoms with Crippen molar-refractivity contribution in [2.75, 3.05) is 14.2 Å². The molecule has 0 aliphatic carbocycles. The number of benzene rings is 2. The van der Waals surface area contributed by atoms with Crippen molar-refractivity contribution in [1.29, 1.82) is 0 Å². The Balaban J connectivity index is 2.17. The van der Waals surface area contributed by atoms with Crippen molar-refractivity contribution in [3.8, 4) is 11.5 Å². The van der Waals surface area contributed by atoms with Gasteiger partial charge in [-0.3, -0.25) is 4.79 Å². The lowest BCUT2D eigenvalue weighted by Gasteiger charge is -2.20. The molecule has 0 radical (unpaired) electrons. The fourth-order valence-corrected chi connectivity index (χ4v) is 2.66. The summed E-state index contributed by atoms with van der Waals surface area (Å²) in [5.41, 5.74) is 2.78. The van der Waals surface area contributed by atoms with Gasteiger partial charge in [-0.15, -0.1) is 0 Å². The molecule has 0 saturated heterocycles. The van der Waals surface area contributed by atoms with Gasteiger partial charge in [-0.05, 0) is 48.2 Å². The predicted molar refractivity (Wildman–Crippen MR) is 101 cm³/mol. The van der Waals surface area contributed by atoms with Crippen molar-refractivity contribution in [1.82, 2.24) is 5.32 Å². The summed E-state index contributed by atoms with van der Waals surface area (Å²) in [5.74, 6) is 1.33. The molecule has 0 heterocycles. The molecule has 1 unspecified atom stereocenters. The Morgan fingerprint density at radius 1 is 1.00 bits per heavy atom. The van der Waals surface area contributed by atoms with E-state index in [1.165, 1.54) is 5.56 Å². The number of nitrogens with one attached hydrogen (secondary N) is 1. The lowest BCUT2D eigenvalue weighted by Crippen LogP contribution is -2.27. The molecule has 0 aliphatic heterocycles. The summed E-state index contributed by atoms with van der Waals surface area (Å²) in [6, 6.07) is 13.1. The lowest BCUT2D eigenvalue weighted by molar-refractivity contribution is 0.0939. The Bertz CT molecular complexity index is 730. The quantitative estimate of drug-likeness (QED) is 0.871. The SMILES string of the molecule is COc1ccc(OC)c(C(C)NC(=O)c2ccc(C(C)(C)C)cc2)c1. The van der Waals surface area contributed by atoms with Crippen LogP contribution in [0.15, 0.2) is 42.5 Å². The van der Waals surface area contributed by atoms with Crippen LogP contribution in [0.25, 0.3) is 0 Å². The number of hydrogen-bond acceptors (Lipinski definition) is 3. The van der Waals surface area contributed by atoms with Crippen LogP contribution in [-0.4, -0.2) is 20.1 Å². The third-order valence-electron chi connectivity index (χ3n) is 4.26. The molecule has 1 atom stereocenters. The Labute approximate surface area is 150 Å². The first kappa shape index (κ1) is 18.8. The average molecular weight is 341 g/mol. The predicted octanol–water partition coefficient (Wildman–Crippen LogP) is 4.49. The number of rotatable bonds is 5. The molecule has 2 aromatic carbocycles. The molecule has 25 heavy (non-hydrogen) atoms. The molecule has 0 aromatic heterocycles. The van der Waals surface area contributed by atoms with Crippen LogP contribution in [0.5, 0.6) is 11.5 Å². The maximum atomic E-state index is 12.6. The number of methoxy groups -OCH3 is 2. The minimum Gasteiger partial charge on any atom is -0.497 e. The second-order valence-corrected chi connectivity index (χ2v) is 7.13. The highest BCUT2D eigenvalue weighted by molar-refractivity contribution is 5.94. The van der Waals surface area contributed by atoms with Gasteiger partial charge in [-0.25, -0.2) is 0 Å².